The number of rotatable bonds is 7. The predicted molar refractivity (Wildman–Crippen MR) is 136 cm³/mol. The van der Waals surface area contributed by atoms with Crippen LogP contribution in [-0.4, -0.2) is 47.4 Å². The molecule has 3 aromatic heterocycles. The van der Waals surface area contributed by atoms with Crippen LogP contribution in [0.3, 0.4) is 0 Å². The Morgan fingerprint density at radius 1 is 1.24 bits per heavy atom. The van der Waals surface area contributed by atoms with Crippen LogP contribution < -0.4 is 10.3 Å². The molecule has 0 amide bonds. The number of imidazole rings is 1. The molecule has 1 aliphatic heterocycles. The van der Waals surface area contributed by atoms with Crippen LogP contribution in [0.2, 0.25) is 0 Å². The highest BCUT2D eigenvalue weighted by atomic mass is 35.5. The fourth-order valence-corrected chi connectivity index (χ4v) is 6.58. The fourth-order valence-electron chi connectivity index (χ4n) is 3.88. The van der Waals surface area contributed by atoms with E-state index in [1.54, 1.807) is 12.3 Å². The van der Waals surface area contributed by atoms with Gasteiger partial charge in [0.25, 0.3) is 5.56 Å². The first-order valence-corrected chi connectivity index (χ1v) is 12.7. The van der Waals surface area contributed by atoms with Gasteiger partial charge in [-0.3, -0.25) is 9.69 Å². The molecule has 3 N–H and O–H groups in total. The minimum Gasteiger partial charge on any atom is -0.348 e. The molecule has 0 atom stereocenters. The van der Waals surface area contributed by atoms with Crippen molar-refractivity contribution < 1.29 is 8.42 Å². The summed E-state index contributed by atoms with van der Waals surface area (Å²) in [5.41, 5.74) is 2.21. The van der Waals surface area contributed by atoms with Gasteiger partial charge in [-0.15, -0.1) is 36.2 Å². The van der Waals surface area contributed by atoms with Gasteiger partial charge in [-0.2, -0.15) is 0 Å². The Bertz CT molecular complexity index is 1200. The summed E-state index contributed by atoms with van der Waals surface area (Å²) < 4.78 is 29.1. The molecule has 12 heteroatoms. The summed E-state index contributed by atoms with van der Waals surface area (Å²) >= 11 is 1.23. The molecule has 0 aliphatic carbocycles. The lowest BCUT2D eigenvalue weighted by Crippen LogP contribution is -2.44. The van der Waals surface area contributed by atoms with E-state index in [1.807, 2.05) is 32.2 Å². The summed E-state index contributed by atoms with van der Waals surface area (Å²) in [7, 11) is -3.59. The maximum absolute atomic E-state index is 13.0. The minimum atomic E-state index is -3.59. The summed E-state index contributed by atoms with van der Waals surface area (Å²) in [6.07, 6.45) is 5.69. The number of halogens is 2. The lowest BCUT2D eigenvalue weighted by atomic mass is 10.1. The second-order valence-corrected chi connectivity index (χ2v) is 10.9. The van der Waals surface area contributed by atoms with Crippen molar-refractivity contribution in [2.75, 3.05) is 13.1 Å². The molecule has 0 saturated carbocycles. The number of nitrogens with one attached hydrogen (secondary N) is 3. The second-order valence-electron chi connectivity index (χ2n) is 7.84. The number of nitrogens with zero attached hydrogens (tertiary/aromatic N) is 2. The molecular weight excluding hydrogens is 505 g/mol. The van der Waals surface area contributed by atoms with Crippen LogP contribution in [0.4, 0.5) is 0 Å². The standard InChI is InChI=1S/C21H27N5O3S2.2ClH/c1-3-15-12-17(14(2)24-21(15)27)18-4-5-20(30-18)31(28,29)25-16-6-10-26(11-7-16)13-19-22-8-9-23-19;;/h4-5,8-9,12,16,25H,3,6-7,10-11,13H2,1-2H3,(H,22,23)(H,24,27);2*1H. The summed E-state index contributed by atoms with van der Waals surface area (Å²) in [5, 5.41) is 0. The van der Waals surface area contributed by atoms with E-state index >= 15 is 0 Å². The minimum absolute atomic E-state index is 0. The molecule has 182 valence electrons. The molecule has 4 heterocycles. The molecule has 0 radical (unpaired) electrons. The third kappa shape index (κ3) is 6.46. The summed E-state index contributed by atoms with van der Waals surface area (Å²) in [5.74, 6) is 0.925. The number of aromatic nitrogens is 3. The molecule has 8 nitrogen and oxygen atoms in total. The molecule has 0 spiro atoms. The van der Waals surface area contributed by atoms with Crippen molar-refractivity contribution in [3.63, 3.8) is 0 Å². The first-order chi connectivity index (χ1) is 14.9. The number of hydrogen-bond acceptors (Lipinski definition) is 6. The Labute approximate surface area is 210 Å². The average Bonchev–Trinajstić information content (AvgIpc) is 3.42. The highest BCUT2D eigenvalue weighted by Crippen LogP contribution is 2.32. The third-order valence-corrected chi connectivity index (χ3v) is 8.78. The fraction of sp³-hybridized carbons (Fsp3) is 0.429. The highest BCUT2D eigenvalue weighted by molar-refractivity contribution is 7.91. The number of H-pyrrole nitrogens is 2. The zero-order valence-electron chi connectivity index (χ0n) is 18.5. The van der Waals surface area contributed by atoms with Crippen molar-refractivity contribution in [1.82, 2.24) is 24.6 Å². The molecule has 0 aromatic carbocycles. The average molecular weight is 535 g/mol. The van der Waals surface area contributed by atoms with Gasteiger partial charge in [0, 0.05) is 53.2 Å². The zero-order valence-corrected chi connectivity index (χ0v) is 21.7. The lowest BCUT2D eigenvalue weighted by molar-refractivity contribution is 0.196. The van der Waals surface area contributed by atoms with E-state index < -0.39 is 10.0 Å². The Morgan fingerprint density at radius 2 is 1.97 bits per heavy atom. The first kappa shape index (κ1) is 27.6. The van der Waals surface area contributed by atoms with Crippen molar-refractivity contribution >= 4 is 46.2 Å². The summed E-state index contributed by atoms with van der Waals surface area (Å²) in [4.78, 5) is 25.3. The zero-order chi connectivity index (χ0) is 22.0. The van der Waals surface area contributed by atoms with Gasteiger partial charge >= 0.3 is 0 Å². The van der Waals surface area contributed by atoms with E-state index in [0.717, 1.165) is 54.4 Å². The van der Waals surface area contributed by atoms with Crippen molar-refractivity contribution in [1.29, 1.82) is 0 Å². The molecule has 3 aromatic rings. The molecule has 4 rings (SSSR count). The van der Waals surface area contributed by atoms with Crippen LogP contribution in [-0.2, 0) is 23.0 Å². The van der Waals surface area contributed by atoms with Gasteiger partial charge in [0.2, 0.25) is 10.0 Å². The van der Waals surface area contributed by atoms with Gasteiger partial charge in [-0.05, 0) is 44.4 Å². The molecular formula is C21H29Cl2N5O3S2. The monoisotopic (exact) mass is 533 g/mol. The largest absolute Gasteiger partial charge is 0.348 e. The number of thiophene rings is 1. The van der Waals surface area contributed by atoms with E-state index in [9.17, 15) is 13.2 Å². The lowest BCUT2D eigenvalue weighted by Gasteiger charge is -2.31. The van der Waals surface area contributed by atoms with Gasteiger partial charge in [0.1, 0.15) is 10.0 Å². The van der Waals surface area contributed by atoms with Crippen LogP contribution >= 0.6 is 36.2 Å². The van der Waals surface area contributed by atoms with Gasteiger partial charge < -0.3 is 9.97 Å². The van der Waals surface area contributed by atoms with Crippen LogP contribution in [0.5, 0.6) is 0 Å². The molecule has 1 saturated heterocycles. The van der Waals surface area contributed by atoms with Crippen LogP contribution in [0.15, 0.2) is 39.6 Å². The van der Waals surface area contributed by atoms with Crippen molar-refractivity contribution in [2.24, 2.45) is 0 Å². The molecule has 33 heavy (non-hydrogen) atoms. The van der Waals surface area contributed by atoms with Crippen molar-refractivity contribution in [3.05, 3.63) is 58.0 Å². The maximum atomic E-state index is 13.0. The molecule has 0 unspecified atom stereocenters. The SMILES string of the molecule is CCc1cc(-c2ccc(S(=O)(=O)NC3CCN(Cc4ncc[nH]4)CC3)s2)c(C)[nH]c1=O.Cl.Cl. The van der Waals surface area contributed by atoms with Gasteiger partial charge in [-0.25, -0.2) is 18.1 Å². The van der Waals surface area contributed by atoms with E-state index in [0.29, 0.717) is 16.2 Å². The number of aromatic amines is 2. The van der Waals surface area contributed by atoms with Crippen molar-refractivity contribution in [3.8, 4) is 10.4 Å². The maximum Gasteiger partial charge on any atom is 0.251 e. The predicted octanol–water partition coefficient (Wildman–Crippen LogP) is 3.48. The molecule has 1 fully saturated rings. The number of sulfonamides is 1. The smallest absolute Gasteiger partial charge is 0.251 e. The van der Waals surface area contributed by atoms with E-state index in [1.165, 1.54) is 11.3 Å². The summed E-state index contributed by atoms with van der Waals surface area (Å²) in [6.45, 7) is 6.15. The highest BCUT2D eigenvalue weighted by Gasteiger charge is 2.26. The van der Waals surface area contributed by atoms with Crippen LogP contribution in [0.25, 0.3) is 10.4 Å². The number of likely N-dealkylation sites (tertiary alicyclic amines) is 1. The normalized spacial score (nSPS) is 15.1. The number of hydrogen-bond donors (Lipinski definition) is 3. The number of aryl methyl sites for hydroxylation is 2. The van der Waals surface area contributed by atoms with E-state index in [4.69, 9.17) is 0 Å². The Hall–Kier alpha value is -1.69. The van der Waals surface area contributed by atoms with E-state index in [-0.39, 0.29) is 36.4 Å². The van der Waals surface area contributed by atoms with Crippen LogP contribution in [0, 0.1) is 6.92 Å². The first-order valence-electron chi connectivity index (χ1n) is 10.4. The Morgan fingerprint density at radius 3 is 2.61 bits per heavy atom. The van der Waals surface area contributed by atoms with Crippen molar-refractivity contribution in [2.45, 2.75) is 49.9 Å². The van der Waals surface area contributed by atoms with Gasteiger partial charge in [0.05, 0.1) is 6.54 Å². The number of piperidine rings is 1. The Balaban J connectivity index is 0.00000193. The third-order valence-electron chi connectivity index (χ3n) is 5.65. The topological polar surface area (TPSA) is 111 Å². The van der Waals surface area contributed by atoms with Gasteiger partial charge in [-0.1, -0.05) is 6.92 Å². The summed E-state index contributed by atoms with van der Waals surface area (Å²) in [6, 6.07) is 5.24. The number of pyridine rings is 1. The van der Waals surface area contributed by atoms with E-state index in [2.05, 4.69) is 24.6 Å². The van der Waals surface area contributed by atoms with Crippen LogP contribution in [0.1, 0.15) is 36.8 Å². The second kappa shape index (κ2) is 11.6. The molecule has 1 aliphatic rings. The molecule has 0 bridgehead atoms. The van der Waals surface area contributed by atoms with Gasteiger partial charge in [0.15, 0.2) is 0 Å². The Kier molecular flexibility index (Phi) is 9.71. The quantitative estimate of drug-likeness (QED) is 0.430.